The smallest absolute Gasteiger partial charge is 0.226 e. The second-order valence-corrected chi connectivity index (χ2v) is 7.32. The van der Waals surface area contributed by atoms with Gasteiger partial charge in [-0.25, -0.2) is 4.98 Å². The molecule has 4 rings (SSSR count). The van der Waals surface area contributed by atoms with Crippen molar-refractivity contribution in [2.75, 3.05) is 6.61 Å². The quantitative estimate of drug-likeness (QED) is 0.507. The maximum absolute atomic E-state index is 11.3. The van der Waals surface area contributed by atoms with Crippen LogP contribution in [0.3, 0.4) is 0 Å². The number of aryl methyl sites for hydroxylation is 1. The number of nitrogens with zero attached hydrogens (tertiary/aromatic N) is 1. The van der Waals surface area contributed by atoms with Gasteiger partial charge in [-0.1, -0.05) is 31.2 Å². The summed E-state index contributed by atoms with van der Waals surface area (Å²) in [4.78, 5) is 15.9. The van der Waals surface area contributed by atoms with Crippen molar-refractivity contribution < 1.29 is 13.9 Å². The SMILES string of the molecule is CCC(C=O)C1CCc2cc(OCCc3coc(-c4ccccc4)n3)ccc21. The topological polar surface area (TPSA) is 52.3 Å². The Morgan fingerprint density at radius 1 is 1.25 bits per heavy atom. The lowest BCUT2D eigenvalue weighted by Gasteiger charge is -2.17. The zero-order chi connectivity index (χ0) is 19.3. The number of oxazole rings is 1. The highest BCUT2D eigenvalue weighted by Crippen LogP contribution is 2.40. The van der Waals surface area contributed by atoms with Gasteiger partial charge in [0.2, 0.25) is 5.89 Å². The Labute approximate surface area is 165 Å². The van der Waals surface area contributed by atoms with Gasteiger partial charge >= 0.3 is 0 Å². The Morgan fingerprint density at radius 2 is 2.11 bits per heavy atom. The summed E-state index contributed by atoms with van der Waals surface area (Å²) >= 11 is 0. The monoisotopic (exact) mass is 375 g/mol. The lowest BCUT2D eigenvalue weighted by Crippen LogP contribution is -2.11. The van der Waals surface area contributed by atoms with Crippen LogP contribution in [0.2, 0.25) is 0 Å². The van der Waals surface area contributed by atoms with Crippen LogP contribution in [0.5, 0.6) is 5.75 Å². The van der Waals surface area contributed by atoms with Gasteiger partial charge in [0.1, 0.15) is 18.3 Å². The van der Waals surface area contributed by atoms with Gasteiger partial charge in [-0.2, -0.15) is 0 Å². The summed E-state index contributed by atoms with van der Waals surface area (Å²) in [6, 6.07) is 16.2. The molecule has 0 radical (unpaired) electrons. The summed E-state index contributed by atoms with van der Waals surface area (Å²) in [5.41, 5.74) is 4.49. The highest BCUT2D eigenvalue weighted by molar-refractivity contribution is 5.57. The van der Waals surface area contributed by atoms with Crippen LogP contribution in [0.1, 0.15) is 42.5 Å². The minimum Gasteiger partial charge on any atom is -0.493 e. The fourth-order valence-corrected chi connectivity index (χ4v) is 4.05. The molecule has 1 aliphatic carbocycles. The van der Waals surface area contributed by atoms with E-state index in [4.69, 9.17) is 9.15 Å². The molecular formula is C24H25NO3. The molecule has 2 atom stereocenters. The van der Waals surface area contributed by atoms with Crippen molar-refractivity contribution in [3.8, 4) is 17.2 Å². The van der Waals surface area contributed by atoms with E-state index in [1.807, 2.05) is 36.4 Å². The van der Waals surface area contributed by atoms with Gasteiger partial charge in [-0.05, 0) is 60.6 Å². The molecule has 144 valence electrons. The van der Waals surface area contributed by atoms with Crippen LogP contribution >= 0.6 is 0 Å². The molecule has 4 nitrogen and oxygen atoms in total. The van der Waals surface area contributed by atoms with E-state index in [-0.39, 0.29) is 5.92 Å². The predicted molar refractivity (Wildman–Crippen MR) is 108 cm³/mol. The van der Waals surface area contributed by atoms with Crippen LogP contribution in [-0.4, -0.2) is 17.9 Å². The van der Waals surface area contributed by atoms with Crippen molar-refractivity contribution in [3.63, 3.8) is 0 Å². The molecular weight excluding hydrogens is 350 g/mol. The number of ether oxygens (including phenoxy) is 1. The number of aldehydes is 1. The van der Waals surface area contributed by atoms with Crippen LogP contribution < -0.4 is 4.74 Å². The molecule has 3 aromatic rings. The third kappa shape index (κ3) is 3.86. The predicted octanol–water partition coefficient (Wildman–Crippen LogP) is 5.22. The van der Waals surface area contributed by atoms with Gasteiger partial charge in [0, 0.05) is 17.9 Å². The van der Waals surface area contributed by atoms with E-state index in [2.05, 4.69) is 24.0 Å². The Morgan fingerprint density at radius 3 is 2.89 bits per heavy atom. The van der Waals surface area contributed by atoms with E-state index in [9.17, 15) is 4.79 Å². The highest BCUT2D eigenvalue weighted by Gasteiger charge is 2.28. The Balaban J connectivity index is 1.35. The molecule has 2 aromatic carbocycles. The zero-order valence-corrected chi connectivity index (χ0v) is 16.1. The van der Waals surface area contributed by atoms with Gasteiger partial charge in [0.05, 0.1) is 12.3 Å². The molecule has 28 heavy (non-hydrogen) atoms. The second-order valence-electron chi connectivity index (χ2n) is 7.32. The molecule has 0 saturated heterocycles. The van der Waals surface area contributed by atoms with Crippen LogP contribution in [-0.2, 0) is 17.6 Å². The fourth-order valence-electron chi connectivity index (χ4n) is 4.05. The average molecular weight is 375 g/mol. The first-order valence-electron chi connectivity index (χ1n) is 9.99. The fraction of sp³-hybridized carbons (Fsp3) is 0.333. The number of carbonyl (C=O) groups excluding carboxylic acids is 1. The van der Waals surface area contributed by atoms with Gasteiger partial charge in [-0.3, -0.25) is 0 Å². The molecule has 1 aliphatic rings. The lowest BCUT2D eigenvalue weighted by atomic mass is 9.86. The van der Waals surface area contributed by atoms with Gasteiger partial charge < -0.3 is 13.9 Å². The van der Waals surface area contributed by atoms with E-state index >= 15 is 0 Å². The van der Waals surface area contributed by atoms with Crippen molar-refractivity contribution in [1.29, 1.82) is 0 Å². The molecule has 1 aromatic heterocycles. The van der Waals surface area contributed by atoms with Crippen molar-refractivity contribution in [2.24, 2.45) is 5.92 Å². The summed E-state index contributed by atoms with van der Waals surface area (Å²) < 4.78 is 11.5. The number of carbonyl (C=O) groups is 1. The normalized spacial score (nSPS) is 16.5. The molecule has 0 spiro atoms. The third-order valence-corrected chi connectivity index (χ3v) is 5.60. The second kappa shape index (κ2) is 8.42. The number of fused-ring (bicyclic) bond motifs is 1. The van der Waals surface area contributed by atoms with E-state index in [1.165, 1.54) is 11.1 Å². The number of rotatable bonds is 8. The molecule has 0 amide bonds. The van der Waals surface area contributed by atoms with Crippen LogP contribution in [0.4, 0.5) is 0 Å². The first-order valence-corrected chi connectivity index (χ1v) is 9.99. The summed E-state index contributed by atoms with van der Waals surface area (Å²) in [6.45, 7) is 2.64. The average Bonchev–Trinajstić information content (AvgIpc) is 3.37. The molecule has 0 fully saturated rings. The Kier molecular flexibility index (Phi) is 5.56. The van der Waals surface area contributed by atoms with E-state index in [0.717, 1.165) is 42.6 Å². The van der Waals surface area contributed by atoms with E-state index in [0.29, 0.717) is 24.8 Å². The van der Waals surface area contributed by atoms with E-state index < -0.39 is 0 Å². The minimum atomic E-state index is 0.124. The number of benzene rings is 2. The molecule has 1 heterocycles. The van der Waals surface area contributed by atoms with Crippen molar-refractivity contribution in [2.45, 2.75) is 38.5 Å². The molecule has 0 N–H and O–H groups in total. The largest absolute Gasteiger partial charge is 0.493 e. The van der Waals surface area contributed by atoms with Crippen LogP contribution in [0, 0.1) is 5.92 Å². The summed E-state index contributed by atoms with van der Waals surface area (Å²) in [5.74, 6) is 2.00. The molecule has 4 heteroatoms. The van der Waals surface area contributed by atoms with Crippen LogP contribution in [0.25, 0.3) is 11.5 Å². The molecule has 0 aliphatic heterocycles. The van der Waals surface area contributed by atoms with E-state index in [1.54, 1.807) is 6.26 Å². The van der Waals surface area contributed by atoms with Gasteiger partial charge in [-0.15, -0.1) is 0 Å². The summed E-state index contributed by atoms with van der Waals surface area (Å²) in [7, 11) is 0. The third-order valence-electron chi connectivity index (χ3n) is 5.60. The summed E-state index contributed by atoms with van der Waals surface area (Å²) in [6.07, 6.45) is 6.48. The van der Waals surface area contributed by atoms with Crippen LogP contribution in [0.15, 0.2) is 59.2 Å². The number of aromatic nitrogens is 1. The number of hydrogen-bond acceptors (Lipinski definition) is 4. The number of hydrogen-bond donors (Lipinski definition) is 0. The van der Waals surface area contributed by atoms with Crippen molar-refractivity contribution in [3.05, 3.63) is 71.6 Å². The first kappa shape index (κ1) is 18.5. The lowest BCUT2D eigenvalue weighted by molar-refractivity contribution is -0.111. The first-order chi connectivity index (χ1) is 13.8. The molecule has 0 bridgehead atoms. The highest BCUT2D eigenvalue weighted by atomic mass is 16.5. The zero-order valence-electron chi connectivity index (χ0n) is 16.1. The summed E-state index contributed by atoms with van der Waals surface area (Å²) in [5, 5.41) is 0. The molecule has 2 unspecified atom stereocenters. The standard InChI is InChI=1S/C24H25NO3/c1-2-17(15-26)22-10-8-19-14-21(9-11-23(19)22)27-13-12-20-16-28-24(25-20)18-6-4-3-5-7-18/h3-7,9,11,14-17,22H,2,8,10,12-13H2,1H3. The minimum absolute atomic E-state index is 0.124. The van der Waals surface area contributed by atoms with Crippen molar-refractivity contribution >= 4 is 6.29 Å². The molecule has 0 saturated carbocycles. The van der Waals surface area contributed by atoms with Crippen molar-refractivity contribution in [1.82, 2.24) is 4.98 Å². The maximum atomic E-state index is 11.3. The van der Waals surface area contributed by atoms with Gasteiger partial charge in [0.15, 0.2) is 0 Å². The maximum Gasteiger partial charge on any atom is 0.226 e. The Bertz CT molecular complexity index is 932. The Hall–Kier alpha value is -2.88. The van der Waals surface area contributed by atoms with Gasteiger partial charge in [0.25, 0.3) is 0 Å².